The molecule has 1 aromatic carbocycles. The lowest BCUT2D eigenvalue weighted by Gasteiger charge is -2.16. The molecule has 0 spiro atoms. The number of benzene rings is 1. The molecule has 0 amide bonds. The highest BCUT2D eigenvalue weighted by Crippen LogP contribution is 2.29. The Morgan fingerprint density at radius 1 is 1.47 bits per heavy atom. The van der Waals surface area contributed by atoms with Gasteiger partial charge in [-0.25, -0.2) is 0 Å². The summed E-state index contributed by atoms with van der Waals surface area (Å²) in [6, 6.07) is 5.48. The lowest BCUT2D eigenvalue weighted by Crippen LogP contribution is -2.21. The Kier molecular flexibility index (Phi) is 4.52. The third-order valence-electron chi connectivity index (χ3n) is 2.82. The van der Waals surface area contributed by atoms with Gasteiger partial charge in [0.1, 0.15) is 5.75 Å². The predicted molar refractivity (Wildman–Crippen MR) is 66.5 cm³/mol. The molecule has 1 unspecified atom stereocenters. The molecule has 0 saturated carbocycles. The zero-order chi connectivity index (χ0) is 13.0. The van der Waals surface area contributed by atoms with Crippen LogP contribution in [0.4, 0.5) is 0 Å². The van der Waals surface area contributed by atoms with E-state index >= 15 is 0 Å². The van der Waals surface area contributed by atoms with Gasteiger partial charge in [-0.2, -0.15) is 0 Å². The molecule has 0 heterocycles. The van der Waals surface area contributed by atoms with Gasteiger partial charge in [-0.3, -0.25) is 4.79 Å². The number of carbonyl (C=O) groups is 1. The number of rotatable bonds is 5. The summed E-state index contributed by atoms with van der Waals surface area (Å²) < 4.78 is 5.29. The average Bonchev–Trinajstić information content (AvgIpc) is 2.28. The Bertz CT molecular complexity index is 402. The lowest BCUT2D eigenvalue weighted by molar-refractivity contribution is -0.138. The van der Waals surface area contributed by atoms with E-state index in [9.17, 15) is 4.79 Å². The summed E-state index contributed by atoms with van der Waals surface area (Å²) in [6.45, 7) is 4.21. The van der Waals surface area contributed by atoms with Crippen LogP contribution in [0.1, 0.15) is 36.8 Å². The number of aliphatic carboxylic acids is 1. The van der Waals surface area contributed by atoms with Crippen LogP contribution in [0.15, 0.2) is 18.2 Å². The molecule has 0 fully saturated rings. The first-order valence-corrected chi connectivity index (χ1v) is 5.62. The first kappa shape index (κ1) is 13.5. The summed E-state index contributed by atoms with van der Waals surface area (Å²) in [6.07, 6.45) is 0. The number of ether oxygens (including phenoxy) is 1. The molecule has 0 saturated heterocycles. The quantitative estimate of drug-likeness (QED) is 0.821. The molecular weight excluding hydrogens is 218 g/mol. The number of methoxy groups -OCH3 is 1. The van der Waals surface area contributed by atoms with Crippen molar-refractivity contribution in [2.24, 2.45) is 5.73 Å². The molecule has 1 atom stereocenters. The summed E-state index contributed by atoms with van der Waals surface area (Å²) in [5.74, 6) is -0.533. The van der Waals surface area contributed by atoms with Crippen molar-refractivity contribution < 1.29 is 14.6 Å². The highest BCUT2D eigenvalue weighted by molar-refractivity contribution is 5.76. The summed E-state index contributed by atoms with van der Waals surface area (Å²) in [4.78, 5) is 11.0. The van der Waals surface area contributed by atoms with E-state index in [1.165, 1.54) is 0 Å². The van der Waals surface area contributed by atoms with Crippen LogP contribution in [0, 0.1) is 0 Å². The summed E-state index contributed by atoms with van der Waals surface area (Å²) >= 11 is 0. The Morgan fingerprint density at radius 3 is 2.53 bits per heavy atom. The molecule has 0 radical (unpaired) electrons. The third kappa shape index (κ3) is 2.97. The van der Waals surface area contributed by atoms with Crippen molar-refractivity contribution in [3.05, 3.63) is 29.3 Å². The van der Waals surface area contributed by atoms with Crippen LogP contribution in [0.3, 0.4) is 0 Å². The van der Waals surface area contributed by atoms with Crippen molar-refractivity contribution >= 4 is 5.97 Å². The minimum atomic E-state index is -0.910. The smallest absolute Gasteiger partial charge is 0.312 e. The van der Waals surface area contributed by atoms with Crippen LogP contribution in [0.2, 0.25) is 0 Å². The molecule has 1 rings (SSSR count). The van der Waals surface area contributed by atoms with E-state index in [4.69, 9.17) is 15.6 Å². The monoisotopic (exact) mass is 237 g/mol. The van der Waals surface area contributed by atoms with Gasteiger partial charge in [0.25, 0.3) is 0 Å². The number of carboxylic acid groups (broad SMARTS) is 1. The van der Waals surface area contributed by atoms with E-state index in [1.54, 1.807) is 13.2 Å². The Morgan fingerprint density at radius 2 is 2.12 bits per heavy atom. The van der Waals surface area contributed by atoms with Gasteiger partial charge in [0, 0.05) is 6.54 Å². The van der Waals surface area contributed by atoms with Gasteiger partial charge in [-0.05, 0) is 23.1 Å². The van der Waals surface area contributed by atoms with E-state index in [-0.39, 0.29) is 6.54 Å². The van der Waals surface area contributed by atoms with Crippen LogP contribution in [0.25, 0.3) is 0 Å². The summed E-state index contributed by atoms with van der Waals surface area (Å²) in [5.41, 5.74) is 7.22. The highest BCUT2D eigenvalue weighted by Gasteiger charge is 2.19. The fraction of sp³-hybridized carbons (Fsp3) is 0.462. The number of hydrogen-bond donors (Lipinski definition) is 2. The van der Waals surface area contributed by atoms with Gasteiger partial charge in [0.15, 0.2) is 0 Å². The fourth-order valence-corrected chi connectivity index (χ4v) is 1.80. The molecule has 0 aromatic heterocycles. The van der Waals surface area contributed by atoms with Gasteiger partial charge < -0.3 is 15.6 Å². The maximum atomic E-state index is 11.0. The molecule has 3 N–H and O–H groups in total. The first-order chi connectivity index (χ1) is 8.01. The second kappa shape index (κ2) is 5.68. The van der Waals surface area contributed by atoms with Crippen LogP contribution in [-0.4, -0.2) is 24.7 Å². The van der Waals surface area contributed by atoms with Crippen LogP contribution in [-0.2, 0) is 4.79 Å². The lowest BCUT2D eigenvalue weighted by atomic mass is 9.94. The van der Waals surface area contributed by atoms with Gasteiger partial charge in [-0.15, -0.1) is 0 Å². The molecule has 94 valence electrons. The molecule has 4 heteroatoms. The van der Waals surface area contributed by atoms with E-state index in [0.717, 1.165) is 11.3 Å². The minimum absolute atomic E-state index is 0.0829. The zero-order valence-corrected chi connectivity index (χ0v) is 10.4. The maximum Gasteiger partial charge on any atom is 0.312 e. The molecule has 0 aliphatic rings. The second-order valence-corrected chi connectivity index (χ2v) is 4.28. The molecule has 4 nitrogen and oxygen atoms in total. The van der Waals surface area contributed by atoms with E-state index in [0.29, 0.717) is 11.5 Å². The summed E-state index contributed by atoms with van der Waals surface area (Å²) in [5, 5.41) is 9.05. The fourth-order valence-electron chi connectivity index (χ4n) is 1.80. The van der Waals surface area contributed by atoms with Gasteiger partial charge in [0.2, 0.25) is 0 Å². The van der Waals surface area contributed by atoms with Crippen molar-refractivity contribution in [1.82, 2.24) is 0 Å². The van der Waals surface area contributed by atoms with Crippen LogP contribution in [0.5, 0.6) is 5.75 Å². The predicted octanol–water partition coefficient (Wildman–Crippen LogP) is 1.95. The van der Waals surface area contributed by atoms with E-state index in [2.05, 4.69) is 13.8 Å². The zero-order valence-electron chi connectivity index (χ0n) is 10.4. The normalized spacial score (nSPS) is 12.5. The highest BCUT2D eigenvalue weighted by atomic mass is 16.5. The van der Waals surface area contributed by atoms with Gasteiger partial charge in [-0.1, -0.05) is 26.0 Å². The Hall–Kier alpha value is -1.55. The van der Waals surface area contributed by atoms with Crippen LogP contribution < -0.4 is 10.5 Å². The number of nitrogens with two attached hydrogens (primary N) is 1. The van der Waals surface area contributed by atoms with Gasteiger partial charge >= 0.3 is 5.97 Å². The Balaban J connectivity index is 3.16. The van der Waals surface area contributed by atoms with Crippen LogP contribution >= 0.6 is 0 Å². The number of hydrogen-bond acceptors (Lipinski definition) is 3. The largest absolute Gasteiger partial charge is 0.496 e. The minimum Gasteiger partial charge on any atom is -0.496 e. The molecule has 17 heavy (non-hydrogen) atoms. The molecule has 0 bridgehead atoms. The summed E-state index contributed by atoms with van der Waals surface area (Å²) in [7, 11) is 1.59. The van der Waals surface area contributed by atoms with E-state index in [1.807, 2.05) is 12.1 Å². The molecular formula is C13H19NO3. The standard InChI is InChI=1S/C13H19NO3/c1-8(2)10-5-4-9(6-12(10)17-3)11(7-14)13(15)16/h4-6,8,11H,7,14H2,1-3H3,(H,15,16). The molecule has 0 aliphatic carbocycles. The second-order valence-electron chi connectivity index (χ2n) is 4.28. The third-order valence-corrected chi connectivity index (χ3v) is 2.82. The maximum absolute atomic E-state index is 11.0. The Labute approximate surface area is 101 Å². The van der Waals surface area contributed by atoms with Crippen molar-refractivity contribution in [3.8, 4) is 5.75 Å². The van der Waals surface area contributed by atoms with Crippen molar-refractivity contribution in [3.63, 3.8) is 0 Å². The van der Waals surface area contributed by atoms with Crippen molar-refractivity contribution in [1.29, 1.82) is 0 Å². The number of carboxylic acids is 1. The first-order valence-electron chi connectivity index (χ1n) is 5.62. The molecule has 1 aromatic rings. The SMILES string of the molecule is COc1cc(C(CN)C(=O)O)ccc1C(C)C. The molecule has 0 aliphatic heterocycles. The van der Waals surface area contributed by atoms with Gasteiger partial charge in [0.05, 0.1) is 13.0 Å². The topological polar surface area (TPSA) is 72.5 Å². The van der Waals surface area contributed by atoms with Crippen molar-refractivity contribution in [2.75, 3.05) is 13.7 Å². The van der Waals surface area contributed by atoms with E-state index < -0.39 is 11.9 Å². The average molecular weight is 237 g/mol. The van der Waals surface area contributed by atoms with Crippen molar-refractivity contribution in [2.45, 2.75) is 25.7 Å².